The topological polar surface area (TPSA) is 55.1 Å². The summed E-state index contributed by atoms with van der Waals surface area (Å²) in [6.45, 7) is 2.60. The number of hydrogen-bond donors (Lipinski definition) is 2. The van der Waals surface area contributed by atoms with Crippen LogP contribution in [0.1, 0.15) is 55.6 Å². The first-order valence-electron chi connectivity index (χ1n) is 7.75. The normalized spacial score (nSPS) is 17.7. The molecule has 3 N–H and O–H groups in total. The maximum atomic E-state index is 12.2. The van der Waals surface area contributed by atoms with Crippen molar-refractivity contribution in [2.24, 2.45) is 5.73 Å². The van der Waals surface area contributed by atoms with Crippen molar-refractivity contribution in [3.8, 4) is 0 Å². The van der Waals surface area contributed by atoms with Crippen LogP contribution >= 0.6 is 0 Å². The van der Waals surface area contributed by atoms with Crippen molar-refractivity contribution in [3.63, 3.8) is 0 Å². The van der Waals surface area contributed by atoms with Crippen molar-refractivity contribution < 1.29 is 4.79 Å². The van der Waals surface area contributed by atoms with E-state index in [4.69, 9.17) is 5.73 Å². The quantitative estimate of drug-likeness (QED) is 0.867. The fourth-order valence-electron chi connectivity index (χ4n) is 3.12. The summed E-state index contributed by atoms with van der Waals surface area (Å²) >= 11 is 0. The first-order valence-corrected chi connectivity index (χ1v) is 7.75. The van der Waals surface area contributed by atoms with Crippen molar-refractivity contribution in [1.82, 2.24) is 5.32 Å². The van der Waals surface area contributed by atoms with Crippen LogP contribution in [0.3, 0.4) is 0 Å². The maximum absolute atomic E-state index is 12.2. The van der Waals surface area contributed by atoms with Gasteiger partial charge in [0, 0.05) is 18.4 Å². The Labute approximate surface area is 121 Å². The lowest BCUT2D eigenvalue weighted by atomic mass is 9.91. The molecule has 0 bridgehead atoms. The van der Waals surface area contributed by atoms with E-state index < -0.39 is 0 Å². The molecule has 0 aromatic heterocycles. The lowest BCUT2D eigenvalue weighted by Crippen LogP contribution is -2.37. The van der Waals surface area contributed by atoms with Gasteiger partial charge in [0.05, 0.1) is 0 Å². The van der Waals surface area contributed by atoms with Crippen molar-refractivity contribution in [2.45, 2.75) is 57.4 Å². The summed E-state index contributed by atoms with van der Waals surface area (Å²) in [6.07, 6.45) is 6.54. The molecular weight excluding hydrogens is 248 g/mol. The van der Waals surface area contributed by atoms with Gasteiger partial charge in [0.25, 0.3) is 0 Å². The van der Waals surface area contributed by atoms with Crippen LogP contribution in [0.25, 0.3) is 0 Å². The SMILES string of the molecule is Cc1ccccc1C(CN)CC(=O)NC1CCCCC1. The Morgan fingerprint density at radius 1 is 1.30 bits per heavy atom. The average molecular weight is 274 g/mol. The summed E-state index contributed by atoms with van der Waals surface area (Å²) < 4.78 is 0. The molecule has 1 amide bonds. The fourth-order valence-corrected chi connectivity index (χ4v) is 3.12. The lowest BCUT2D eigenvalue weighted by molar-refractivity contribution is -0.122. The highest BCUT2D eigenvalue weighted by Crippen LogP contribution is 2.23. The summed E-state index contributed by atoms with van der Waals surface area (Å²) in [5.41, 5.74) is 8.29. The number of rotatable bonds is 5. The number of nitrogens with two attached hydrogens (primary N) is 1. The Morgan fingerprint density at radius 3 is 2.65 bits per heavy atom. The molecular formula is C17H26N2O. The first-order chi connectivity index (χ1) is 9.70. The summed E-state index contributed by atoms with van der Waals surface area (Å²) in [5, 5.41) is 3.18. The van der Waals surface area contributed by atoms with Gasteiger partial charge in [-0.15, -0.1) is 0 Å². The molecule has 0 saturated heterocycles. The minimum Gasteiger partial charge on any atom is -0.353 e. The smallest absolute Gasteiger partial charge is 0.220 e. The summed E-state index contributed by atoms with van der Waals surface area (Å²) in [6, 6.07) is 8.59. The van der Waals surface area contributed by atoms with E-state index >= 15 is 0 Å². The van der Waals surface area contributed by atoms with E-state index in [1.54, 1.807) is 0 Å². The highest BCUT2D eigenvalue weighted by Gasteiger charge is 2.20. The van der Waals surface area contributed by atoms with Crippen LogP contribution in [-0.2, 0) is 4.79 Å². The van der Waals surface area contributed by atoms with Crippen LogP contribution in [0.4, 0.5) is 0 Å². The molecule has 0 radical (unpaired) electrons. The molecule has 1 unspecified atom stereocenters. The molecule has 110 valence electrons. The third-order valence-electron chi connectivity index (χ3n) is 4.31. The minimum absolute atomic E-state index is 0.125. The zero-order valence-corrected chi connectivity index (χ0v) is 12.4. The molecule has 2 rings (SSSR count). The molecule has 1 atom stereocenters. The number of aryl methyl sites for hydroxylation is 1. The summed E-state index contributed by atoms with van der Waals surface area (Å²) in [5.74, 6) is 0.274. The molecule has 0 heterocycles. The van der Waals surface area contributed by atoms with Gasteiger partial charge in [-0.3, -0.25) is 4.79 Å². The molecule has 1 fully saturated rings. The Kier molecular flexibility index (Phi) is 5.60. The van der Waals surface area contributed by atoms with E-state index in [0.717, 1.165) is 12.8 Å². The fraction of sp³-hybridized carbons (Fsp3) is 0.588. The van der Waals surface area contributed by atoms with Crippen LogP contribution < -0.4 is 11.1 Å². The van der Waals surface area contributed by atoms with Gasteiger partial charge in [0.2, 0.25) is 5.91 Å². The monoisotopic (exact) mass is 274 g/mol. The van der Waals surface area contributed by atoms with Gasteiger partial charge in [-0.25, -0.2) is 0 Å². The Balaban J connectivity index is 1.92. The predicted octanol–water partition coefficient (Wildman–Crippen LogP) is 2.88. The molecule has 3 nitrogen and oxygen atoms in total. The first kappa shape index (κ1) is 15.0. The van der Waals surface area contributed by atoms with E-state index in [0.29, 0.717) is 19.0 Å². The van der Waals surface area contributed by atoms with E-state index in [-0.39, 0.29) is 11.8 Å². The number of nitrogens with one attached hydrogen (secondary N) is 1. The van der Waals surface area contributed by atoms with Gasteiger partial charge in [-0.1, -0.05) is 43.5 Å². The predicted molar refractivity (Wildman–Crippen MR) is 82.6 cm³/mol. The third kappa shape index (κ3) is 4.07. The number of amides is 1. The van der Waals surface area contributed by atoms with Gasteiger partial charge < -0.3 is 11.1 Å². The molecule has 1 aliphatic carbocycles. The van der Waals surface area contributed by atoms with Gasteiger partial charge in [-0.2, -0.15) is 0 Å². The number of carbonyl (C=O) groups excluding carboxylic acids is 1. The standard InChI is InChI=1S/C17H26N2O/c1-13-7-5-6-10-16(13)14(12-18)11-17(20)19-15-8-3-2-4-9-15/h5-7,10,14-15H,2-4,8-9,11-12,18H2,1H3,(H,19,20). The Bertz CT molecular complexity index is 438. The van der Waals surface area contributed by atoms with Gasteiger partial charge in [-0.05, 0) is 37.4 Å². The Hall–Kier alpha value is -1.35. The highest BCUT2D eigenvalue weighted by molar-refractivity contribution is 5.77. The largest absolute Gasteiger partial charge is 0.353 e. The minimum atomic E-state index is 0.125. The highest BCUT2D eigenvalue weighted by atomic mass is 16.1. The van der Waals surface area contributed by atoms with Crippen LogP contribution in [0.5, 0.6) is 0 Å². The van der Waals surface area contributed by atoms with Crippen molar-refractivity contribution in [1.29, 1.82) is 0 Å². The van der Waals surface area contributed by atoms with E-state index in [1.165, 1.54) is 30.4 Å². The second kappa shape index (κ2) is 7.44. The van der Waals surface area contributed by atoms with Crippen molar-refractivity contribution >= 4 is 5.91 Å². The second-order valence-electron chi connectivity index (χ2n) is 5.90. The third-order valence-corrected chi connectivity index (χ3v) is 4.31. The molecule has 3 heteroatoms. The number of benzene rings is 1. The lowest BCUT2D eigenvalue weighted by Gasteiger charge is -2.24. The average Bonchev–Trinajstić information content (AvgIpc) is 2.46. The van der Waals surface area contributed by atoms with E-state index in [1.807, 2.05) is 12.1 Å². The Morgan fingerprint density at radius 2 is 2.00 bits per heavy atom. The second-order valence-corrected chi connectivity index (χ2v) is 5.90. The van der Waals surface area contributed by atoms with E-state index in [9.17, 15) is 4.79 Å². The maximum Gasteiger partial charge on any atom is 0.220 e. The van der Waals surface area contributed by atoms with Crippen LogP contribution in [0.15, 0.2) is 24.3 Å². The van der Waals surface area contributed by atoms with Gasteiger partial charge >= 0.3 is 0 Å². The van der Waals surface area contributed by atoms with Crippen LogP contribution in [0, 0.1) is 6.92 Å². The molecule has 1 aromatic carbocycles. The molecule has 0 spiro atoms. The molecule has 1 saturated carbocycles. The molecule has 20 heavy (non-hydrogen) atoms. The molecule has 1 aliphatic rings. The molecule has 1 aromatic rings. The van der Waals surface area contributed by atoms with E-state index in [2.05, 4.69) is 24.4 Å². The number of carbonyl (C=O) groups is 1. The van der Waals surface area contributed by atoms with Crippen molar-refractivity contribution in [3.05, 3.63) is 35.4 Å². The van der Waals surface area contributed by atoms with Crippen LogP contribution in [0.2, 0.25) is 0 Å². The van der Waals surface area contributed by atoms with Gasteiger partial charge in [0.1, 0.15) is 0 Å². The zero-order valence-electron chi connectivity index (χ0n) is 12.4. The summed E-state index contributed by atoms with van der Waals surface area (Å²) in [4.78, 5) is 12.2. The van der Waals surface area contributed by atoms with Crippen LogP contribution in [-0.4, -0.2) is 18.5 Å². The number of hydrogen-bond acceptors (Lipinski definition) is 2. The molecule has 0 aliphatic heterocycles. The van der Waals surface area contributed by atoms with Gasteiger partial charge in [0.15, 0.2) is 0 Å². The zero-order chi connectivity index (χ0) is 14.4. The van der Waals surface area contributed by atoms with Crippen molar-refractivity contribution in [2.75, 3.05) is 6.54 Å². The summed E-state index contributed by atoms with van der Waals surface area (Å²) in [7, 11) is 0.